The maximum Gasteiger partial charge on any atom is 0.270 e. The molecule has 0 saturated heterocycles. The van der Waals surface area contributed by atoms with Crippen molar-refractivity contribution in [1.29, 1.82) is 0 Å². The number of nitrogens with one attached hydrogen (secondary N) is 1. The molecule has 0 bridgehead atoms. The highest BCUT2D eigenvalue weighted by Crippen LogP contribution is 2.31. The van der Waals surface area contributed by atoms with Crippen LogP contribution in [0.3, 0.4) is 0 Å². The molecule has 1 atom stereocenters. The Kier molecular flexibility index (Phi) is 5.36. The molecular weight excluding hydrogens is 368 g/mol. The van der Waals surface area contributed by atoms with Gasteiger partial charge in [0.2, 0.25) is 5.91 Å². The number of nitro groups is 1. The number of anilines is 1. The maximum absolute atomic E-state index is 12.4. The molecule has 1 N–H and O–H groups in total. The predicted octanol–water partition coefficient (Wildman–Crippen LogP) is 3.76. The van der Waals surface area contributed by atoms with Crippen molar-refractivity contribution in [3.05, 3.63) is 28.3 Å². The summed E-state index contributed by atoms with van der Waals surface area (Å²) in [5.74, 6) is 0.850. The summed E-state index contributed by atoms with van der Waals surface area (Å²) >= 11 is 4.39. The lowest BCUT2D eigenvalue weighted by atomic mass is 10.3. The number of hydrogen-bond acceptors (Lipinski definition) is 8. The molecule has 0 unspecified atom stereocenters. The van der Waals surface area contributed by atoms with Crippen LogP contribution >= 0.6 is 34.9 Å². The van der Waals surface area contributed by atoms with Crippen molar-refractivity contribution < 1.29 is 9.72 Å². The number of amides is 1. The lowest BCUT2D eigenvalue weighted by Crippen LogP contribution is -2.25. The van der Waals surface area contributed by atoms with Crippen molar-refractivity contribution in [2.24, 2.45) is 4.99 Å². The van der Waals surface area contributed by atoms with Crippen LogP contribution in [-0.4, -0.2) is 37.7 Å². The Bertz CT molecular complexity index is 821. The number of benzene rings is 1. The van der Waals surface area contributed by atoms with Crippen LogP contribution in [0.1, 0.15) is 13.3 Å². The first-order chi connectivity index (χ1) is 11.6. The molecule has 1 aliphatic rings. The molecule has 2 aromatic rings. The van der Waals surface area contributed by atoms with Crippen LogP contribution in [0.4, 0.5) is 10.8 Å². The summed E-state index contributed by atoms with van der Waals surface area (Å²) in [5.41, 5.74) is 0.652. The molecule has 0 fully saturated rings. The Labute approximate surface area is 150 Å². The average Bonchev–Trinajstić information content (AvgIpc) is 3.20. The number of rotatable bonds is 5. The number of aliphatic imine (C=N–C) groups is 1. The van der Waals surface area contributed by atoms with E-state index in [0.717, 1.165) is 16.7 Å². The molecule has 0 saturated carbocycles. The molecule has 0 spiro atoms. The summed E-state index contributed by atoms with van der Waals surface area (Å²) in [7, 11) is 0. The van der Waals surface area contributed by atoms with Crippen molar-refractivity contribution in [2.45, 2.75) is 18.6 Å². The first-order valence-corrected chi connectivity index (χ1v) is 9.94. The van der Waals surface area contributed by atoms with Crippen LogP contribution in [0.5, 0.6) is 0 Å². The van der Waals surface area contributed by atoms with Gasteiger partial charge >= 0.3 is 0 Å². The van der Waals surface area contributed by atoms with E-state index in [1.807, 2.05) is 6.92 Å². The van der Waals surface area contributed by atoms with E-state index >= 15 is 0 Å². The topological polar surface area (TPSA) is 97.5 Å². The highest BCUT2D eigenvalue weighted by molar-refractivity contribution is 8.39. The van der Waals surface area contributed by atoms with Gasteiger partial charge in [-0.1, -0.05) is 41.8 Å². The Morgan fingerprint density at radius 2 is 2.38 bits per heavy atom. The fraction of sp³-hybridized carbons (Fsp3) is 0.357. The fourth-order valence-electron chi connectivity index (χ4n) is 2.10. The molecule has 126 valence electrons. The van der Waals surface area contributed by atoms with E-state index < -0.39 is 4.92 Å². The summed E-state index contributed by atoms with van der Waals surface area (Å²) < 4.78 is 1.63. The molecule has 2 heterocycles. The summed E-state index contributed by atoms with van der Waals surface area (Å²) in [6.45, 7) is 2.76. The molecule has 1 amide bonds. The number of aromatic nitrogens is 1. The van der Waals surface area contributed by atoms with Gasteiger partial charge in [-0.2, -0.15) is 0 Å². The first-order valence-electron chi connectivity index (χ1n) is 7.26. The minimum atomic E-state index is -0.443. The molecule has 3 rings (SSSR count). The van der Waals surface area contributed by atoms with Crippen LogP contribution in [0.2, 0.25) is 0 Å². The molecule has 0 radical (unpaired) electrons. The quantitative estimate of drug-likeness (QED) is 0.625. The van der Waals surface area contributed by atoms with Gasteiger partial charge in [-0.05, 0) is 12.5 Å². The van der Waals surface area contributed by atoms with Crippen LogP contribution in [0, 0.1) is 10.1 Å². The van der Waals surface area contributed by atoms with E-state index in [4.69, 9.17) is 0 Å². The van der Waals surface area contributed by atoms with Crippen molar-refractivity contribution in [3.8, 4) is 0 Å². The van der Waals surface area contributed by atoms with E-state index in [0.29, 0.717) is 21.8 Å². The first kappa shape index (κ1) is 17.2. The van der Waals surface area contributed by atoms with Crippen molar-refractivity contribution >= 4 is 66.2 Å². The molecule has 10 heteroatoms. The number of carbonyl (C=O) groups excluding carboxylic acids is 1. The number of thioether (sulfide) groups is 2. The summed E-state index contributed by atoms with van der Waals surface area (Å²) in [6, 6.07) is 4.47. The molecule has 1 aliphatic heterocycles. The fourth-order valence-corrected chi connectivity index (χ4v) is 5.15. The number of nitro benzene ring substituents is 1. The molecule has 1 aromatic carbocycles. The van der Waals surface area contributed by atoms with Gasteiger partial charge in [0.25, 0.3) is 5.69 Å². The third-order valence-electron chi connectivity index (χ3n) is 3.28. The second-order valence-electron chi connectivity index (χ2n) is 4.93. The van der Waals surface area contributed by atoms with Gasteiger partial charge in [0.05, 0.1) is 26.9 Å². The Hall–Kier alpha value is -1.65. The number of nitrogens with zero attached hydrogens (tertiary/aromatic N) is 3. The number of hydrogen-bond donors (Lipinski definition) is 1. The van der Waals surface area contributed by atoms with Crippen LogP contribution < -0.4 is 5.32 Å². The van der Waals surface area contributed by atoms with E-state index in [9.17, 15) is 14.9 Å². The van der Waals surface area contributed by atoms with Crippen molar-refractivity contribution in [1.82, 2.24) is 4.98 Å². The summed E-state index contributed by atoms with van der Waals surface area (Å²) in [4.78, 5) is 31.5. The van der Waals surface area contributed by atoms with Crippen LogP contribution in [0.15, 0.2) is 23.2 Å². The Balaban J connectivity index is 1.72. The molecule has 0 aliphatic carbocycles. The monoisotopic (exact) mass is 382 g/mol. The number of carbonyl (C=O) groups is 1. The zero-order valence-corrected chi connectivity index (χ0v) is 15.2. The minimum absolute atomic E-state index is 0.0160. The van der Waals surface area contributed by atoms with Gasteiger partial charge < -0.3 is 5.32 Å². The number of fused-ring (bicyclic) bond motifs is 1. The molecule has 24 heavy (non-hydrogen) atoms. The van der Waals surface area contributed by atoms with Gasteiger partial charge in [0.15, 0.2) is 5.13 Å². The molecular formula is C14H14N4O3S3. The number of non-ortho nitro benzene ring substituents is 1. The van der Waals surface area contributed by atoms with Crippen LogP contribution in [0.25, 0.3) is 10.2 Å². The van der Waals surface area contributed by atoms with E-state index in [1.165, 1.54) is 35.2 Å². The average molecular weight is 382 g/mol. The molecule has 7 nitrogen and oxygen atoms in total. The third-order valence-corrected chi connectivity index (χ3v) is 6.78. The van der Waals surface area contributed by atoms with E-state index in [2.05, 4.69) is 15.3 Å². The summed E-state index contributed by atoms with van der Waals surface area (Å²) in [5, 5.41) is 13.9. The zero-order valence-electron chi connectivity index (χ0n) is 12.7. The van der Waals surface area contributed by atoms with Gasteiger partial charge in [-0.25, -0.2) is 4.98 Å². The lowest BCUT2D eigenvalue weighted by molar-refractivity contribution is -0.384. The normalized spacial score (nSPS) is 15.3. The van der Waals surface area contributed by atoms with Crippen molar-refractivity contribution in [2.75, 3.05) is 17.6 Å². The predicted molar refractivity (Wildman–Crippen MR) is 101 cm³/mol. The van der Waals surface area contributed by atoms with Crippen LogP contribution in [-0.2, 0) is 4.79 Å². The van der Waals surface area contributed by atoms with Gasteiger partial charge in [0, 0.05) is 17.9 Å². The zero-order chi connectivity index (χ0) is 17.1. The maximum atomic E-state index is 12.4. The van der Waals surface area contributed by atoms with Gasteiger partial charge in [0.1, 0.15) is 4.38 Å². The SMILES string of the molecule is CC[C@H](SC1=NCCS1)C(=O)Nc1nc2ccc([N+](=O)[O-])cc2s1. The second-order valence-corrected chi connectivity index (χ2v) is 8.49. The minimum Gasteiger partial charge on any atom is -0.301 e. The number of thiazole rings is 1. The van der Waals surface area contributed by atoms with Gasteiger partial charge in [-0.3, -0.25) is 19.9 Å². The standard InChI is InChI=1S/C14H14N4O3S3/c1-2-10(24-14-15-5-6-22-14)12(19)17-13-16-9-4-3-8(18(20)21)7-11(9)23-13/h3-4,7,10H,2,5-6H2,1H3,(H,16,17,19)/t10-/m0/s1. The summed E-state index contributed by atoms with van der Waals surface area (Å²) in [6.07, 6.45) is 0.687. The highest BCUT2D eigenvalue weighted by atomic mass is 32.2. The van der Waals surface area contributed by atoms with E-state index in [1.54, 1.807) is 17.8 Å². The third kappa shape index (κ3) is 3.87. The molecule has 1 aromatic heterocycles. The lowest BCUT2D eigenvalue weighted by Gasteiger charge is -2.12. The Morgan fingerprint density at radius 3 is 3.04 bits per heavy atom. The Morgan fingerprint density at radius 1 is 1.54 bits per heavy atom. The highest BCUT2D eigenvalue weighted by Gasteiger charge is 2.22. The van der Waals surface area contributed by atoms with E-state index in [-0.39, 0.29) is 16.8 Å². The van der Waals surface area contributed by atoms with Gasteiger partial charge in [-0.15, -0.1) is 0 Å². The largest absolute Gasteiger partial charge is 0.301 e. The smallest absolute Gasteiger partial charge is 0.270 e. The second kappa shape index (κ2) is 7.49. The van der Waals surface area contributed by atoms with Crippen molar-refractivity contribution in [3.63, 3.8) is 0 Å².